The summed E-state index contributed by atoms with van der Waals surface area (Å²) in [5.41, 5.74) is 1.31. The third-order valence-corrected chi connectivity index (χ3v) is 3.68. The number of fused-ring (bicyclic) bond motifs is 1. The van der Waals surface area contributed by atoms with E-state index >= 15 is 0 Å². The Hall–Kier alpha value is -1.13. The van der Waals surface area contributed by atoms with Gasteiger partial charge in [-0.15, -0.1) is 0 Å². The van der Waals surface area contributed by atoms with Crippen LogP contribution in [0.3, 0.4) is 0 Å². The maximum Gasteiger partial charge on any atom is 0.293 e. The minimum Gasteiger partial charge on any atom is -0.347 e. The first-order valence-electron chi connectivity index (χ1n) is 6.07. The molecule has 0 radical (unpaired) electrons. The fraction of sp³-hybridized carbons (Fsp3) is 0.286. The highest BCUT2D eigenvalue weighted by Crippen LogP contribution is 2.26. The lowest BCUT2D eigenvalue weighted by Crippen LogP contribution is -2.06. The molecule has 19 heavy (non-hydrogen) atoms. The number of hydrogen-bond donors (Lipinski definition) is 0. The number of carbonyl (C=O) groups is 2. The van der Waals surface area contributed by atoms with Crippen LogP contribution in [0.25, 0.3) is 10.9 Å². The highest BCUT2D eigenvalue weighted by atomic mass is 79.9. The van der Waals surface area contributed by atoms with Crippen LogP contribution in [0.5, 0.6) is 0 Å². The van der Waals surface area contributed by atoms with Crippen molar-refractivity contribution >= 4 is 49.5 Å². The number of rotatable bonds is 5. The van der Waals surface area contributed by atoms with Crippen LogP contribution in [0, 0.1) is 0 Å². The second-order valence-electron chi connectivity index (χ2n) is 4.35. The quantitative estimate of drug-likeness (QED) is 0.465. The third-order valence-electron chi connectivity index (χ3n) is 3.02. The predicted octanol–water partition coefficient (Wildman–Crippen LogP) is 4.15. The van der Waals surface area contributed by atoms with Crippen molar-refractivity contribution in [1.82, 2.24) is 4.57 Å². The van der Waals surface area contributed by atoms with Crippen molar-refractivity contribution in [3.63, 3.8) is 0 Å². The summed E-state index contributed by atoms with van der Waals surface area (Å²) in [4.78, 5) is 22.9. The van der Waals surface area contributed by atoms with E-state index < -0.39 is 11.0 Å². The van der Waals surface area contributed by atoms with Crippen molar-refractivity contribution in [3.05, 3.63) is 34.4 Å². The van der Waals surface area contributed by atoms with Crippen molar-refractivity contribution in [3.8, 4) is 0 Å². The van der Waals surface area contributed by atoms with Gasteiger partial charge >= 0.3 is 0 Å². The lowest BCUT2D eigenvalue weighted by molar-refractivity contribution is -0.108. The number of nitrogens with zero attached hydrogens (tertiary/aromatic N) is 1. The highest BCUT2D eigenvalue weighted by molar-refractivity contribution is 9.10. The lowest BCUT2D eigenvalue weighted by Gasteiger charge is -2.03. The highest BCUT2D eigenvalue weighted by Gasteiger charge is 2.19. The van der Waals surface area contributed by atoms with E-state index in [1.165, 1.54) is 0 Å². The van der Waals surface area contributed by atoms with E-state index in [0.29, 0.717) is 5.56 Å². The van der Waals surface area contributed by atoms with Gasteiger partial charge < -0.3 is 4.57 Å². The molecule has 0 unspecified atom stereocenters. The molecule has 3 nitrogen and oxygen atoms in total. The van der Waals surface area contributed by atoms with E-state index in [-0.39, 0.29) is 0 Å². The van der Waals surface area contributed by atoms with Crippen molar-refractivity contribution < 1.29 is 9.59 Å². The first-order valence-corrected chi connectivity index (χ1v) is 7.24. The number of halogens is 2. The maximum atomic E-state index is 11.8. The number of unbranched alkanes of at least 4 members (excludes halogenated alkanes) is 1. The van der Waals surface area contributed by atoms with E-state index in [1.807, 2.05) is 22.8 Å². The number of aryl methyl sites for hydroxylation is 1. The Balaban J connectivity index is 2.59. The molecule has 5 heteroatoms. The minimum atomic E-state index is -0.950. The average Bonchev–Trinajstić information content (AvgIpc) is 2.73. The van der Waals surface area contributed by atoms with Crippen LogP contribution in [0.4, 0.5) is 0 Å². The number of Topliss-reactive ketones (excluding diaryl/α,β-unsaturated/α-hetero) is 1. The third kappa shape index (κ3) is 2.90. The van der Waals surface area contributed by atoms with Gasteiger partial charge in [-0.25, -0.2) is 0 Å². The molecular weight excluding hydrogens is 330 g/mol. The van der Waals surface area contributed by atoms with Crippen LogP contribution in [0.1, 0.15) is 30.1 Å². The van der Waals surface area contributed by atoms with Gasteiger partial charge in [0.25, 0.3) is 5.24 Å². The number of carbonyl (C=O) groups excluding carboxylic acids is 2. The predicted molar refractivity (Wildman–Crippen MR) is 79.7 cm³/mol. The average molecular weight is 343 g/mol. The smallest absolute Gasteiger partial charge is 0.293 e. The zero-order chi connectivity index (χ0) is 14.0. The summed E-state index contributed by atoms with van der Waals surface area (Å²) in [5, 5.41) is -0.195. The number of ketones is 1. The summed E-state index contributed by atoms with van der Waals surface area (Å²) >= 11 is 8.68. The van der Waals surface area contributed by atoms with Gasteiger partial charge in [-0.1, -0.05) is 29.3 Å². The fourth-order valence-corrected chi connectivity index (χ4v) is 2.53. The molecule has 100 valence electrons. The largest absolute Gasteiger partial charge is 0.347 e. The maximum absolute atomic E-state index is 11.8. The number of hydrogen-bond acceptors (Lipinski definition) is 2. The Morgan fingerprint density at radius 2 is 2.11 bits per heavy atom. The van der Waals surface area contributed by atoms with E-state index in [1.54, 1.807) is 6.20 Å². The topological polar surface area (TPSA) is 39.1 Å². The molecule has 0 aliphatic carbocycles. The molecular formula is C14H13BrClNO2. The zero-order valence-electron chi connectivity index (χ0n) is 10.5. The number of benzene rings is 1. The zero-order valence-corrected chi connectivity index (χ0v) is 12.8. The fourth-order valence-electron chi connectivity index (χ4n) is 2.07. The van der Waals surface area contributed by atoms with Crippen LogP contribution in [-0.2, 0) is 11.3 Å². The van der Waals surface area contributed by atoms with Crippen LogP contribution < -0.4 is 0 Å². The summed E-state index contributed by atoms with van der Waals surface area (Å²) in [6.45, 7) is 2.93. The summed E-state index contributed by atoms with van der Waals surface area (Å²) in [7, 11) is 0. The molecule has 2 rings (SSSR count). The van der Waals surface area contributed by atoms with E-state index in [2.05, 4.69) is 22.9 Å². The molecule has 0 atom stereocenters. The summed E-state index contributed by atoms with van der Waals surface area (Å²) in [6.07, 6.45) is 3.80. The molecule has 0 fully saturated rings. The van der Waals surface area contributed by atoms with Gasteiger partial charge in [0.15, 0.2) is 0 Å². The molecule has 0 spiro atoms. The molecule has 0 N–H and O–H groups in total. The van der Waals surface area contributed by atoms with Crippen molar-refractivity contribution in [2.45, 2.75) is 26.3 Å². The van der Waals surface area contributed by atoms with Crippen molar-refractivity contribution in [1.29, 1.82) is 0 Å². The molecule has 0 aliphatic rings. The van der Waals surface area contributed by atoms with Gasteiger partial charge in [-0.2, -0.15) is 0 Å². The van der Waals surface area contributed by atoms with E-state index in [0.717, 1.165) is 34.8 Å². The summed E-state index contributed by atoms with van der Waals surface area (Å²) < 4.78 is 2.86. The molecule has 0 saturated carbocycles. The van der Waals surface area contributed by atoms with Gasteiger partial charge in [-0.3, -0.25) is 9.59 Å². The van der Waals surface area contributed by atoms with E-state index in [9.17, 15) is 9.59 Å². The summed E-state index contributed by atoms with van der Waals surface area (Å²) in [5.74, 6) is -0.653. The van der Waals surface area contributed by atoms with Crippen LogP contribution in [0.15, 0.2) is 28.9 Å². The van der Waals surface area contributed by atoms with Gasteiger partial charge in [-0.05, 0) is 36.2 Å². The van der Waals surface area contributed by atoms with Crippen LogP contribution in [0.2, 0.25) is 0 Å². The first kappa shape index (κ1) is 14.3. The van der Waals surface area contributed by atoms with Crippen molar-refractivity contribution in [2.75, 3.05) is 0 Å². The van der Waals surface area contributed by atoms with E-state index in [4.69, 9.17) is 11.6 Å². The standard InChI is InChI=1S/C14H13BrClNO2/c1-2-3-6-17-8-11(13(18)14(16)19)10-7-9(15)4-5-12(10)17/h4-5,7-8H,2-3,6H2,1H3. The van der Waals surface area contributed by atoms with Gasteiger partial charge in [0, 0.05) is 28.1 Å². The monoisotopic (exact) mass is 341 g/mol. The Kier molecular flexibility index (Phi) is 4.42. The van der Waals surface area contributed by atoms with Crippen LogP contribution in [-0.4, -0.2) is 15.6 Å². The molecule has 1 heterocycles. The minimum absolute atomic E-state index is 0.368. The summed E-state index contributed by atoms with van der Waals surface area (Å²) in [6, 6.07) is 5.69. The molecule has 1 aromatic carbocycles. The molecule has 0 bridgehead atoms. The Morgan fingerprint density at radius 3 is 2.74 bits per heavy atom. The Bertz CT molecular complexity index is 648. The molecule has 2 aromatic rings. The molecule has 0 saturated heterocycles. The van der Waals surface area contributed by atoms with Gasteiger partial charge in [0.1, 0.15) is 0 Å². The molecule has 1 aromatic heterocycles. The SMILES string of the molecule is CCCCn1cc(C(=O)C(=O)Cl)c2cc(Br)ccc21. The van der Waals surface area contributed by atoms with Crippen LogP contribution >= 0.6 is 27.5 Å². The molecule has 0 amide bonds. The van der Waals surface area contributed by atoms with Crippen molar-refractivity contribution in [2.24, 2.45) is 0 Å². The van der Waals surface area contributed by atoms with Gasteiger partial charge in [0.05, 0.1) is 5.56 Å². The second kappa shape index (κ2) is 5.88. The molecule has 0 aliphatic heterocycles. The Labute approximate surface area is 124 Å². The normalized spacial score (nSPS) is 10.9. The Morgan fingerprint density at radius 1 is 1.37 bits per heavy atom. The van der Waals surface area contributed by atoms with Gasteiger partial charge in [0.2, 0.25) is 5.78 Å². The lowest BCUT2D eigenvalue weighted by atomic mass is 10.1. The number of aromatic nitrogens is 1. The second-order valence-corrected chi connectivity index (χ2v) is 5.61. The first-order chi connectivity index (χ1) is 9.04.